The summed E-state index contributed by atoms with van der Waals surface area (Å²) in [5.74, 6) is 0.225. The van der Waals surface area contributed by atoms with Crippen LogP contribution in [0.2, 0.25) is 5.02 Å². The summed E-state index contributed by atoms with van der Waals surface area (Å²) in [5, 5.41) is 12.3. The van der Waals surface area contributed by atoms with Gasteiger partial charge in [-0.05, 0) is 50.6 Å². The molecule has 0 fully saturated rings. The molecule has 2 heterocycles. The Morgan fingerprint density at radius 1 is 1.21 bits per heavy atom. The second-order valence-corrected chi connectivity index (χ2v) is 10.4. The van der Waals surface area contributed by atoms with Gasteiger partial charge in [0.2, 0.25) is 16.0 Å². The first-order chi connectivity index (χ1) is 16.1. The molecule has 1 amide bonds. The summed E-state index contributed by atoms with van der Waals surface area (Å²) in [5.41, 5.74) is 2.00. The van der Waals surface area contributed by atoms with Crippen LogP contribution in [0.15, 0.2) is 48.5 Å². The van der Waals surface area contributed by atoms with Gasteiger partial charge in [-0.25, -0.2) is 9.37 Å². The Morgan fingerprint density at radius 3 is 2.62 bits per heavy atom. The lowest BCUT2D eigenvalue weighted by molar-refractivity contribution is -0.119. The maximum atomic E-state index is 13.9. The fourth-order valence-electron chi connectivity index (χ4n) is 3.34. The number of rotatable bonds is 7. The SMILES string of the molecule is CN(CC(=O)NCc1ccc(Cl)cc1)c1nn2c(NC(C)(C)C)c(-c3cccc(F)c3)nc2s1. The number of aromatic nitrogens is 3. The third-order valence-corrected chi connectivity index (χ3v) is 6.17. The van der Waals surface area contributed by atoms with Crippen LogP contribution in [-0.2, 0) is 11.3 Å². The topological polar surface area (TPSA) is 74.6 Å². The van der Waals surface area contributed by atoms with Gasteiger partial charge < -0.3 is 15.5 Å². The van der Waals surface area contributed by atoms with Crippen molar-refractivity contribution in [2.75, 3.05) is 23.8 Å². The number of halogens is 2. The second-order valence-electron chi connectivity index (χ2n) is 9.03. The Hall–Kier alpha value is -3.17. The molecule has 0 aliphatic heterocycles. The van der Waals surface area contributed by atoms with Crippen LogP contribution in [0, 0.1) is 5.82 Å². The van der Waals surface area contributed by atoms with Gasteiger partial charge in [-0.1, -0.05) is 47.2 Å². The first-order valence-corrected chi connectivity index (χ1v) is 11.9. The van der Waals surface area contributed by atoms with Crippen molar-refractivity contribution in [2.45, 2.75) is 32.9 Å². The number of fused-ring (bicyclic) bond motifs is 1. The standard InChI is InChI=1S/C24H26ClFN6OS/c1-24(2,3)29-21-20(16-6-5-7-18(26)12-16)28-22-32(21)30-23(34-22)31(4)14-19(33)27-13-15-8-10-17(25)11-9-15/h5-12,29H,13-14H2,1-4H3,(H,27,33). The number of benzene rings is 2. The molecular formula is C24H26ClFN6OS. The molecule has 0 radical (unpaired) electrons. The lowest BCUT2D eigenvalue weighted by atomic mass is 10.1. The molecule has 7 nitrogen and oxygen atoms in total. The number of hydrogen-bond acceptors (Lipinski definition) is 6. The molecule has 178 valence electrons. The largest absolute Gasteiger partial charge is 0.364 e. The fraction of sp³-hybridized carbons (Fsp3) is 0.292. The Bertz CT molecular complexity index is 1310. The number of amides is 1. The summed E-state index contributed by atoms with van der Waals surface area (Å²) in [6, 6.07) is 13.7. The molecule has 0 spiro atoms. The molecule has 0 unspecified atom stereocenters. The van der Waals surface area contributed by atoms with Gasteiger partial charge in [-0.15, -0.1) is 5.10 Å². The van der Waals surface area contributed by atoms with Crippen molar-refractivity contribution in [1.82, 2.24) is 19.9 Å². The van der Waals surface area contributed by atoms with E-state index in [2.05, 4.69) is 10.6 Å². The van der Waals surface area contributed by atoms with Crippen LogP contribution in [0.3, 0.4) is 0 Å². The third-order valence-electron chi connectivity index (χ3n) is 4.89. The minimum atomic E-state index is -0.325. The quantitative estimate of drug-likeness (QED) is 0.364. The molecule has 0 aliphatic carbocycles. The van der Waals surface area contributed by atoms with Crippen molar-refractivity contribution in [3.05, 3.63) is 64.9 Å². The summed E-state index contributed by atoms with van der Waals surface area (Å²) in [6.45, 7) is 6.66. The van der Waals surface area contributed by atoms with E-state index in [0.29, 0.717) is 38.7 Å². The van der Waals surface area contributed by atoms with Gasteiger partial charge in [0.1, 0.15) is 11.5 Å². The smallest absolute Gasteiger partial charge is 0.239 e. The van der Waals surface area contributed by atoms with Crippen molar-refractivity contribution in [3.8, 4) is 11.3 Å². The van der Waals surface area contributed by atoms with Gasteiger partial charge in [0.25, 0.3) is 0 Å². The first kappa shape index (κ1) is 24.0. The van der Waals surface area contributed by atoms with Crippen molar-refractivity contribution >= 4 is 44.8 Å². The highest BCUT2D eigenvalue weighted by molar-refractivity contribution is 7.20. The molecule has 2 N–H and O–H groups in total. The van der Waals surface area contributed by atoms with Crippen LogP contribution in [0.5, 0.6) is 0 Å². The van der Waals surface area contributed by atoms with E-state index in [0.717, 1.165) is 5.56 Å². The van der Waals surface area contributed by atoms with Crippen molar-refractivity contribution < 1.29 is 9.18 Å². The van der Waals surface area contributed by atoms with Gasteiger partial charge in [-0.2, -0.15) is 4.52 Å². The number of hydrogen-bond donors (Lipinski definition) is 2. The van der Waals surface area contributed by atoms with Crippen LogP contribution in [0.1, 0.15) is 26.3 Å². The Morgan fingerprint density at radius 2 is 1.94 bits per heavy atom. The van der Waals surface area contributed by atoms with Gasteiger partial charge in [-0.3, -0.25) is 4.79 Å². The molecular weight excluding hydrogens is 475 g/mol. The second kappa shape index (κ2) is 9.60. The molecule has 2 aromatic heterocycles. The molecule has 0 saturated carbocycles. The molecule has 0 aliphatic rings. The van der Waals surface area contributed by atoms with E-state index in [1.165, 1.54) is 23.5 Å². The summed E-state index contributed by atoms with van der Waals surface area (Å²) in [7, 11) is 1.81. The van der Waals surface area contributed by atoms with Crippen LogP contribution >= 0.6 is 22.9 Å². The number of imidazole rings is 1. The summed E-state index contributed by atoms with van der Waals surface area (Å²) in [4.78, 5) is 19.6. The maximum Gasteiger partial charge on any atom is 0.239 e. The van der Waals surface area contributed by atoms with Crippen LogP contribution < -0.4 is 15.5 Å². The Labute approximate surface area is 206 Å². The highest BCUT2D eigenvalue weighted by atomic mass is 35.5. The zero-order valence-electron chi connectivity index (χ0n) is 19.4. The average Bonchev–Trinajstić information content (AvgIpc) is 3.32. The van der Waals surface area contributed by atoms with Crippen LogP contribution in [-0.4, -0.2) is 39.6 Å². The van der Waals surface area contributed by atoms with Gasteiger partial charge >= 0.3 is 0 Å². The van der Waals surface area contributed by atoms with Crippen LogP contribution in [0.4, 0.5) is 15.3 Å². The number of anilines is 2. The highest BCUT2D eigenvalue weighted by Crippen LogP contribution is 2.34. The Balaban J connectivity index is 1.54. The third kappa shape index (κ3) is 5.66. The van der Waals surface area contributed by atoms with E-state index in [1.54, 1.807) is 27.6 Å². The first-order valence-electron chi connectivity index (χ1n) is 10.7. The lowest BCUT2D eigenvalue weighted by Crippen LogP contribution is -2.34. The monoisotopic (exact) mass is 500 g/mol. The summed E-state index contributed by atoms with van der Waals surface area (Å²) in [6.07, 6.45) is 0. The number of likely N-dealkylation sites (N-methyl/N-ethyl adjacent to an activating group) is 1. The predicted octanol–water partition coefficient (Wildman–Crippen LogP) is 5.21. The normalized spacial score (nSPS) is 11.6. The molecule has 10 heteroatoms. The van der Waals surface area contributed by atoms with Crippen molar-refractivity contribution in [2.24, 2.45) is 0 Å². The molecule has 4 aromatic rings. The Kier molecular flexibility index (Phi) is 6.77. The van der Waals surface area contributed by atoms with Gasteiger partial charge in [0, 0.05) is 29.7 Å². The van der Waals surface area contributed by atoms with E-state index in [-0.39, 0.29) is 23.8 Å². The molecule has 0 atom stereocenters. The molecule has 0 bridgehead atoms. The van der Waals surface area contributed by atoms with Crippen LogP contribution in [0.25, 0.3) is 16.2 Å². The predicted molar refractivity (Wildman–Crippen MR) is 136 cm³/mol. The summed E-state index contributed by atoms with van der Waals surface area (Å²) < 4.78 is 15.6. The fourth-order valence-corrected chi connectivity index (χ4v) is 4.33. The maximum absolute atomic E-state index is 13.9. The zero-order chi connectivity index (χ0) is 24.5. The minimum Gasteiger partial charge on any atom is -0.364 e. The van der Waals surface area contributed by atoms with E-state index in [9.17, 15) is 9.18 Å². The van der Waals surface area contributed by atoms with Gasteiger partial charge in [0.05, 0.1) is 6.54 Å². The minimum absolute atomic E-state index is 0.126. The zero-order valence-corrected chi connectivity index (χ0v) is 21.0. The van der Waals surface area contributed by atoms with E-state index in [4.69, 9.17) is 21.7 Å². The molecule has 0 saturated heterocycles. The van der Waals surface area contributed by atoms with Crippen molar-refractivity contribution in [1.29, 1.82) is 0 Å². The number of carbonyl (C=O) groups excluding carboxylic acids is 1. The summed E-state index contributed by atoms with van der Waals surface area (Å²) >= 11 is 7.27. The molecule has 34 heavy (non-hydrogen) atoms. The number of carbonyl (C=O) groups is 1. The number of nitrogens with one attached hydrogen (secondary N) is 2. The van der Waals surface area contributed by atoms with E-state index < -0.39 is 0 Å². The number of nitrogens with zero attached hydrogens (tertiary/aromatic N) is 4. The van der Waals surface area contributed by atoms with E-state index >= 15 is 0 Å². The molecule has 4 rings (SSSR count). The lowest BCUT2D eigenvalue weighted by Gasteiger charge is -2.22. The van der Waals surface area contributed by atoms with E-state index in [1.807, 2.05) is 46.0 Å². The average molecular weight is 501 g/mol. The highest BCUT2D eigenvalue weighted by Gasteiger charge is 2.23. The van der Waals surface area contributed by atoms with Gasteiger partial charge in [0.15, 0.2) is 5.82 Å². The molecule has 2 aromatic carbocycles. The van der Waals surface area contributed by atoms with Crippen molar-refractivity contribution in [3.63, 3.8) is 0 Å².